The van der Waals surface area contributed by atoms with Gasteiger partial charge in [0.1, 0.15) is 11.5 Å². The second kappa shape index (κ2) is 9.24. The lowest BCUT2D eigenvalue weighted by molar-refractivity contribution is -0.116. The number of thiazole rings is 1. The standard InChI is InChI=1S/C20H21N3O5S2/c1-27-14-6-9-18(28-2)16(11-14)17-12-29-20(22-17)23-19(24)10-5-13-3-7-15(8-4-13)30(21,25)26/h3-4,6-9,11-12H,5,10H2,1-2H3,(H2,21,25,26)(H,22,23,24). The first-order valence-corrected chi connectivity index (χ1v) is 11.3. The van der Waals surface area contributed by atoms with Crippen LogP contribution in [0.4, 0.5) is 5.13 Å². The van der Waals surface area contributed by atoms with Gasteiger partial charge < -0.3 is 14.8 Å². The van der Waals surface area contributed by atoms with E-state index in [0.29, 0.717) is 28.7 Å². The number of ether oxygens (including phenoxy) is 2. The third-order valence-corrected chi connectivity index (χ3v) is 6.01. The van der Waals surface area contributed by atoms with Crippen molar-refractivity contribution in [2.75, 3.05) is 19.5 Å². The van der Waals surface area contributed by atoms with Crippen LogP contribution >= 0.6 is 11.3 Å². The summed E-state index contributed by atoms with van der Waals surface area (Å²) in [6, 6.07) is 11.6. The van der Waals surface area contributed by atoms with Crippen LogP contribution in [-0.4, -0.2) is 33.5 Å². The molecule has 0 aliphatic rings. The van der Waals surface area contributed by atoms with Crippen molar-refractivity contribution < 1.29 is 22.7 Å². The molecule has 1 aromatic heterocycles. The van der Waals surface area contributed by atoms with E-state index in [1.165, 1.54) is 23.5 Å². The maximum atomic E-state index is 12.3. The molecule has 3 N–H and O–H groups in total. The number of nitrogens with two attached hydrogens (primary N) is 1. The number of benzene rings is 2. The molecule has 158 valence electrons. The summed E-state index contributed by atoms with van der Waals surface area (Å²) in [7, 11) is -0.561. The van der Waals surface area contributed by atoms with Gasteiger partial charge >= 0.3 is 0 Å². The fourth-order valence-electron chi connectivity index (χ4n) is 2.75. The molecule has 0 aliphatic heterocycles. The Morgan fingerprint density at radius 1 is 1.13 bits per heavy atom. The third-order valence-electron chi connectivity index (χ3n) is 4.33. The molecule has 0 atom stereocenters. The fraction of sp³-hybridized carbons (Fsp3) is 0.200. The molecule has 0 spiro atoms. The number of amides is 1. The van der Waals surface area contributed by atoms with Gasteiger partial charge in [0.2, 0.25) is 15.9 Å². The zero-order valence-corrected chi connectivity index (χ0v) is 18.0. The number of aryl methyl sites for hydroxylation is 1. The highest BCUT2D eigenvalue weighted by molar-refractivity contribution is 7.89. The Kier molecular flexibility index (Phi) is 6.70. The minimum absolute atomic E-state index is 0.0407. The zero-order chi connectivity index (χ0) is 21.7. The van der Waals surface area contributed by atoms with Crippen LogP contribution in [0, 0.1) is 0 Å². The van der Waals surface area contributed by atoms with Crippen LogP contribution in [0.2, 0.25) is 0 Å². The minimum atomic E-state index is -3.72. The minimum Gasteiger partial charge on any atom is -0.497 e. The van der Waals surface area contributed by atoms with Gasteiger partial charge in [-0.2, -0.15) is 0 Å². The van der Waals surface area contributed by atoms with E-state index < -0.39 is 10.0 Å². The molecule has 3 aromatic rings. The Morgan fingerprint density at radius 2 is 1.87 bits per heavy atom. The Morgan fingerprint density at radius 3 is 2.50 bits per heavy atom. The highest BCUT2D eigenvalue weighted by atomic mass is 32.2. The molecule has 0 aliphatic carbocycles. The molecule has 0 bridgehead atoms. The first kappa shape index (κ1) is 21.8. The van der Waals surface area contributed by atoms with E-state index in [-0.39, 0.29) is 17.2 Å². The molecule has 0 fully saturated rings. The quantitative estimate of drug-likeness (QED) is 0.548. The maximum Gasteiger partial charge on any atom is 0.238 e. The molecule has 2 aromatic carbocycles. The van der Waals surface area contributed by atoms with E-state index in [1.54, 1.807) is 38.5 Å². The van der Waals surface area contributed by atoms with E-state index >= 15 is 0 Å². The van der Waals surface area contributed by atoms with Gasteiger partial charge in [0.15, 0.2) is 5.13 Å². The van der Waals surface area contributed by atoms with Gasteiger partial charge in [-0.25, -0.2) is 18.5 Å². The lowest BCUT2D eigenvalue weighted by Gasteiger charge is -2.08. The van der Waals surface area contributed by atoms with Crippen LogP contribution in [0.1, 0.15) is 12.0 Å². The van der Waals surface area contributed by atoms with Crippen molar-refractivity contribution in [3.05, 3.63) is 53.4 Å². The van der Waals surface area contributed by atoms with Crippen LogP contribution in [0.5, 0.6) is 11.5 Å². The average Bonchev–Trinajstić information content (AvgIpc) is 3.19. The second-order valence-electron chi connectivity index (χ2n) is 6.34. The molecule has 0 saturated carbocycles. The summed E-state index contributed by atoms with van der Waals surface area (Å²) in [4.78, 5) is 16.8. The number of carbonyl (C=O) groups is 1. The number of carbonyl (C=O) groups excluding carboxylic acids is 1. The van der Waals surface area contributed by atoms with Gasteiger partial charge in [-0.05, 0) is 42.3 Å². The molecular formula is C20H21N3O5S2. The van der Waals surface area contributed by atoms with Gasteiger partial charge in [-0.1, -0.05) is 12.1 Å². The van der Waals surface area contributed by atoms with Crippen molar-refractivity contribution >= 4 is 32.4 Å². The van der Waals surface area contributed by atoms with Crippen molar-refractivity contribution in [3.63, 3.8) is 0 Å². The fourth-order valence-corrected chi connectivity index (χ4v) is 4.00. The van der Waals surface area contributed by atoms with E-state index in [4.69, 9.17) is 14.6 Å². The first-order chi connectivity index (χ1) is 14.3. The molecular weight excluding hydrogens is 426 g/mol. The number of sulfonamides is 1. The number of hydrogen-bond donors (Lipinski definition) is 2. The summed E-state index contributed by atoms with van der Waals surface area (Å²) in [6.45, 7) is 0. The van der Waals surface area contributed by atoms with Crippen LogP contribution in [0.3, 0.4) is 0 Å². The molecule has 0 saturated heterocycles. The van der Waals surface area contributed by atoms with Crippen LogP contribution in [0.15, 0.2) is 52.7 Å². The largest absolute Gasteiger partial charge is 0.497 e. The van der Waals surface area contributed by atoms with Gasteiger partial charge in [-0.15, -0.1) is 11.3 Å². The summed E-state index contributed by atoms with van der Waals surface area (Å²) in [5, 5.41) is 10.2. The van der Waals surface area contributed by atoms with Crippen molar-refractivity contribution in [2.24, 2.45) is 5.14 Å². The molecule has 8 nitrogen and oxygen atoms in total. The number of aromatic nitrogens is 1. The topological polar surface area (TPSA) is 121 Å². The van der Waals surface area contributed by atoms with E-state index in [0.717, 1.165) is 11.1 Å². The Bertz CT molecular complexity index is 1140. The Labute approximate surface area is 178 Å². The lowest BCUT2D eigenvalue weighted by atomic mass is 10.1. The number of primary sulfonamides is 1. The van der Waals surface area contributed by atoms with Crippen LogP contribution in [0.25, 0.3) is 11.3 Å². The Hall–Kier alpha value is -2.95. The smallest absolute Gasteiger partial charge is 0.238 e. The Balaban J connectivity index is 1.63. The first-order valence-electron chi connectivity index (χ1n) is 8.89. The molecule has 0 radical (unpaired) electrons. The van der Waals surface area contributed by atoms with E-state index in [9.17, 15) is 13.2 Å². The number of methoxy groups -OCH3 is 2. The normalized spacial score (nSPS) is 11.2. The predicted molar refractivity (Wildman–Crippen MR) is 115 cm³/mol. The summed E-state index contributed by atoms with van der Waals surface area (Å²) in [6.07, 6.45) is 0.685. The van der Waals surface area contributed by atoms with Crippen LogP contribution in [-0.2, 0) is 21.2 Å². The van der Waals surface area contributed by atoms with Gasteiger partial charge in [0.25, 0.3) is 0 Å². The number of anilines is 1. The molecule has 3 rings (SSSR count). The van der Waals surface area contributed by atoms with Crippen molar-refractivity contribution in [3.8, 4) is 22.8 Å². The second-order valence-corrected chi connectivity index (χ2v) is 8.76. The third kappa shape index (κ3) is 5.35. The van der Waals surface area contributed by atoms with Crippen molar-refractivity contribution in [2.45, 2.75) is 17.7 Å². The monoisotopic (exact) mass is 447 g/mol. The van der Waals surface area contributed by atoms with Crippen molar-refractivity contribution in [1.82, 2.24) is 4.98 Å². The molecule has 1 amide bonds. The van der Waals surface area contributed by atoms with Crippen LogP contribution < -0.4 is 19.9 Å². The highest BCUT2D eigenvalue weighted by Gasteiger charge is 2.13. The van der Waals surface area contributed by atoms with Crippen molar-refractivity contribution in [1.29, 1.82) is 0 Å². The number of nitrogens with one attached hydrogen (secondary N) is 1. The van der Waals surface area contributed by atoms with E-state index in [1.807, 2.05) is 11.4 Å². The highest BCUT2D eigenvalue weighted by Crippen LogP contribution is 2.35. The molecule has 10 heteroatoms. The molecule has 0 unspecified atom stereocenters. The molecule has 30 heavy (non-hydrogen) atoms. The summed E-state index contributed by atoms with van der Waals surface area (Å²) >= 11 is 1.31. The zero-order valence-electron chi connectivity index (χ0n) is 16.4. The van der Waals surface area contributed by atoms with E-state index in [2.05, 4.69) is 10.3 Å². The van der Waals surface area contributed by atoms with Gasteiger partial charge in [-0.3, -0.25) is 4.79 Å². The van der Waals surface area contributed by atoms with Gasteiger partial charge in [0.05, 0.1) is 24.8 Å². The lowest BCUT2D eigenvalue weighted by Crippen LogP contribution is -2.13. The summed E-state index contributed by atoms with van der Waals surface area (Å²) < 4.78 is 33.2. The summed E-state index contributed by atoms with van der Waals surface area (Å²) in [5.74, 6) is 1.14. The SMILES string of the molecule is COc1ccc(OC)c(-c2csc(NC(=O)CCc3ccc(S(N)(=O)=O)cc3)n2)c1. The van der Waals surface area contributed by atoms with Gasteiger partial charge in [0, 0.05) is 17.4 Å². The summed E-state index contributed by atoms with van der Waals surface area (Å²) in [5.41, 5.74) is 2.27. The maximum absolute atomic E-state index is 12.3. The number of rotatable bonds is 8. The number of nitrogens with zero attached hydrogens (tertiary/aromatic N) is 1. The molecule has 1 heterocycles. The average molecular weight is 448 g/mol. The predicted octanol–water partition coefficient (Wildman–Crippen LogP) is 3.05. The number of hydrogen-bond acceptors (Lipinski definition) is 7.